The van der Waals surface area contributed by atoms with Crippen LogP contribution in [-0.2, 0) is 4.79 Å². The van der Waals surface area contributed by atoms with Crippen molar-refractivity contribution in [3.8, 4) is 0 Å². The number of nitrogens with one attached hydrogen (secondary N) is 1. The van der Waals surface area contributed by atoms with E-state index in [0.717, 1.165) is 57.5 Å². The summed E-state index contributed by atoms with van der Waals surface area (Å²) in [4.78, 5) is 33.2. The lowest BCUT2D eigenvalue weighted by Gasteiger charge is -2.44. The van der Waals surface area contributed by atoms with Crippen molar-refractivity contribution in [3.05, 3.63) is 10.5 Å². The van der Waals surface area contributed by atoms with E-state index in [4.69, 9.17) is 11.6 Å². The Morgan fingerprint density at radius 2 is 1.85 bits per heavy atom. The van der Waals surface area contributed by atoms with Crippen LogP contribution in [0.1, 0.15) is 58.8 Å². The van der Waals surface area contributed by atoms with E-state index in [0.29, 0.717) is 15.9 Å². The molecule has 1 saturated heterocycles. The Labute approximate surface area is 170 Å². The summed E-state index contributed by atoms with van der Waals surface area (Å²) in [6.07, 6.45) is 8.18. The lowest BCUT2D eigenvalue weighted by molar-refractivity contribution is -0.132. The van der Waals surface area contributed by atoms with E-state index in [9.17, 15) is 9.59 Å². The Morgan fingerprint density at radius 3 is 2.41 bits per heavy atom. The standard InChI is InChI=1S/C19H29ClN4O2S/c1-3-17(25)23-10-8-15(9-11-23)24(14-6-4-13(2)5-7-14)19(26)22-18-21-12-16(20)27-18/h12-15H,3-11H2,1-2H3,(H,21,22,26). The molecule has 0 bridgehead atoms. The number of halogens is 1. The Balaban J connectivity index is 1.70. The van der Waals surface area contributed by atoms with Crippen molar-refractivity contribution in [3.63, 3.8) is 0 Å². The number of aromatic nitrogens is 1. The van der Waals surface area contributed by atoms with Crippen molar-refractivity contribution in [1.29, 1.82) is 0 Å². The molecule has 3 amide bonds. The molecule has 1 aliphatic heterocycles. The maximum atomic E-state index is 13.1. The van der Waals surface area contributed by atoms with Crippen LogP contribution in [0.3, 0.4) is 0 Å². The first-order chi connectivity index (χ1) is 13.0. The van der Waals surface area contributed by atoms with Crippen molar-refractivity contribution in [2.45, 2.75) is 70.9 Å². The lowest BCUT2D eigenvalue weighted by Crippen LogP contribution is -2.54. The Kier molecular flexibility index (Phi) is 6.98. The van der Waals surface area contributed by atoms with Crippen LogP contribution in [0.25, 0.3) is 0 Å². The zero-order valence-corrected chi connectivity index (χ0v) is 17.7. The number of thiazole rings is 1. The fourth-order valence-electron chi connectivity index (χ4n) is 4.24. The third-order valence-electron chi connectivity index (χ3n) is 5.82. The fourth-order valence-corrected chi connectivity index (χ4v) is 5.04. The molecule has 0 spiro atoms. The molecule has 0 atom stereocenters. The monoisotopic (exact) mass is 412 g/mol. The highest BCUT2D eigenvalue weighted by Crippen LogP contribution is 2.32. The van der Waals surface area contributed by atoms with Gasteiger partial charge in [0.15, 0.2) is 5.13 Å². The summed E-state index contributed by atoms with van der Waals surface area (Å²) in [5, 5.41) is 3.48. The van der Waals surface area contributed by atoms with Gasteiger partial charge in [-0.2, -0.15) is 0 Å². The summed E-state index contributed by atoms with van der Waals surface area (Å²) in [6.45, 7) is 5.64. The molecular formula is C19H29ClN4O2S. The van der Waals surface area contributed by atoms with Crippen molar-refractivity contribution in [2.75, 3.05) is 18.4 Å². The third-order valence-corrected chi connectivity index (χ3v) is 6.85. The van der Waals surface area contributed by atoms with Crippen LogP contribution < -0.4 is 5.32 Å². The van der Waals surface area contributed by atoms with Gasteiger partial charge in [0.25, 0.3) is 0 Å². The number of rotatable bonds is 4. The number of carbonyl (C=O) groups is 2. The van der Waals surface area contributed by atoms with E-state index < -0.39 is 0 Å². The van der Waals surface area contributed by atoms with Gasteiger partial charge in [0.2, 0.25) is 5.91 Å². The van der Waals surface area contributed by atoms with Crippen molar-refractivity contribution >= 4 is 40.0 Å². The molecule has 0 radical (unpaired) electrons. The third kappa shape index (κ3) is 5.13. The van der Waals surface area contributed by atoms with Crippen LogP contribution in [0.4, 0.5) is 9.93 Å². The number of amides is 3. The van der Waals surface area contributed by atoms with Gasteiger partial charge < -0.3 is 9.80 Å². The van der Waals surface area contributed by atoms with Crippen molar-refractivity contribution in [2.24, 2.45) is 5.92 Å². The van der Waals surface area contributed by atoms with Gasteiger partial charge in [-0.3, -0.25) is 10.1 Å². The average Bonchev–Trinajstić information content (AvgIpc) is 3.08. The minimum absolute atomic E-state index is 0.0826. The van der Waals surface area contributed by atoms with Crippen molar-refractivity contribution in [1.82, 2.24) is 14.8 Å². The maximum absolute atomic E-state index is 13.1. The summed E-state index contributed by atoms with van der Waals surface area (Å²) in [5.74, 6) is 0.932. The molecule has 1 aliphatic carbocycles. The van der Waals surface area contributed by atoms with Crippen LogP contribution in [0.15, 0.2) is 6.20 Å². The van der Waals surface area contributed by atoms with Crippen LogP contribution in [-0.4, -0.2) is 51.9 Å². The molecule has 150 valence electrons. The highest BCUT2D eigenvalue weighted by atomic mass is 35.5. The smallest absolute Gasteiger partial charge is 0.324 e. The molecular weight excluding hydrogens is 384 g/mol. The number of hydrogen-bond acceptors (Lipinski definition) is 4. The average molecular weight is 413 g/mol. The zero-order valence-electron chi connectivity index (χ0n) is 16.1. The summed E-state index contributed by atoms with van der Waals surface area (Å²) >= 11 is 7.23. The summed E-state index contributed by atoms with van der Waals surface area (Å²) in [5.41, 5.74) is 0. The Hall–Kier alpha value is -1.34. The van der Waals surface area contributed by atoms with E-state index in [1.165, 1.54) is 11.3 Å². The lowest BCUT2D eigenvalue weighted by atomic mass is 9.85. The second-order valence-electron chi connectivity index (χ2n) is 7.69. The van der Waals surface area contributed by atoms with Gasteiger partial charge in [0.05, 0.1) is 6.20 Å². The molecule has 1 aromatic rings. The van der Waals surface area contributed by atoms with Crippen LogP contribution in [0.2, 0.25) is 4.34 Å². The Morgan fingerprint density at radius 1 is 1.22 bits per heavy atom. The van der Waals surface area contributed by atoms with Gasteiger partial charge in [0.1, 0.15) is 4.34 Å². The number of piperidine rings is 1. The molecule has 2 fully saturated rings. The van der Waals surface area contributed by atoms with Gasteiger partial charge >= 0.3 is 6.03 Å². The number of nitrogens with zero attached hydrogens (tertiary/aromatic N) is 3. The molecule has 0 aromatic carbocycles. The number of urea groups is 1. The molecule has 0 unspecified atom stereocenters. The predicted octanol–water partition coefficient (Wildman–Crippen LogP) is 4.61. The molecule has 2 aliphatic rings. The second kappa shape index (κ2) is 9.24. The highest BCUT2D eigenvalue weighted by molar-refractivity contribution is 7.19. The number of anilines is 1. The fraction of sp³-hybridized carbons (Fsp3) is 0.737. The number of likely N-dealkylation sites (tertiary alicyclic amines) is 1. The number of hydrogen-bond donors (Lipinski definition) is 1. The summed E-state index contributed by atoms with van der Waals surface area (Å²) in [7, 11) is 0. The van der Waals surface area contributed by atoms with E-state index in [1.807, 2.05) is 11.8 Å². The molecule has 2 heterocycles. The largest absolute Gasteiger partial charge is 0.343 e. The molecule has 8 heteroatoms. The molecule has 1 saturated carbocycles. The maximum Gasteiger partial charge on any atom is 0.324 e. The molecule has 1 N–H and O–H groups in total. The van der Waals surface area contributed by atoms with Gasteiger partial charge in [-0.25, -0.2) is 9.78 Å². The summed E-state index contributed by atoms with van der Waals surface area (Å²) in [6, 6.07) is 0.343. The Bertz CT molecular complexity index is 652. The quantitative estimate of drug-likeness (QED) is 0.785. The van der Waals surface area contributed by atoms with E-state index >= 15 is 0 Å². The molecule has 27 heavy (non-hydrogen) atoms. The van der Waals surface area contributed by atoms with Crippen molar-refractivity contribution < 1.29 is 9.59 Å². The normalized spacial score (nSPS) is 23.9. The molecule has 6 nitrogen and oxygen atoms in total. The first-order valence-corrected chi connectivity index (χ1v) is 11.2. The van der Waals surface area contributed by atoms with Crippen LogP contribution in [0, 0.1) is 5.92 Å². The van der Waals surface area contributed by atoms with E-state index in [2.05, 4.69) is 22.1 Å². The van der Waals surface area contributed by atoms with Gasteiger partial charge in [-0.1, -0.05) is 36.8 Å². The van der Waals surface area contributed by atoms with Gasteiger partial charge in [-0.15, -0.1) is 0 Å². The minimum Gasteiger partial charge on any atom is -0.343 e. The highest BCUT2D eigenvalue weighted by Gasteiger charge is 2.35. The SMILES string of the molecule is CCC(=O)N1CCC(N(C(=O)Nc2ncc(Cl)s2)C2CCC(C)CC2)CC1. The van der Waals surface area contributed by atoms with E-state index in [1.54, 1.807) is 6.20 Å². The van der Waals surface area contributed by atoms with Gasteiger partial charge in [-0.05, 0) is 44.4 Å². The topological polar surface area (TPSA) is 65.5 Å². The minimum atomic E-state index is -0.0826. The van der Waals surface area contributed by atoms with Crippen LogP contribution >= 0.6 is 22.9 Å². The first-order valence-electron chi connectivity index (χ1n) is 9.96. The molecule has 1 aromatic heterocycles. The predicted molar refractivity (Wildman–Crippen MR) is 109 cm³/mol. The molecule has 3 rings (SSSR count). The summed E-state index contributed by atoms with van der Waals surface area (Å²) < 4.78 is 0.565. The van der Waals surface area contributed by atoms with Gasteiger partial charge in [0, 0.05) is 31.6 Å². The zero-order chi connectivity index (χ0) is 19.4. The second-order valence-corrected chi connectivity index (χ2v) is 9.35. The van der Waals surface area contributed by atoms with Crippen LogP contribution in [0.5, 0.6) is 0 Å². The first kappa shape index (κ1) is 20.4. The number of carbonyl (C=O) groups excluding carboxylic acids is 2. The van der Waals surface area contributed by atoms with E-state index in [-0.39, 0.29) is 24.0 Å².